The molecule has 0 saturated heterocycles. The molecule has 7 nitrogen and oxygen atoms in total. The molecule has 0 spiro atoms. The first-order chi connectivity index (χ1) is 14.5. The molecular formula is C23H21N5O2. The molecule has 150 valence electrons. The minimum Gasteiger partial charge on any atom is -0.439 e. The number of nitrogens with zero attached hydrogens (tertiary/aromatic N) is 3. The van der Waals surface area contributed by atoms with Gasteiger partial charge in [0.05, 0.1) is 0 Å². The summed E-state index contributed by atoms with van der Waals surface area (Å²) in [5.41, 5.74) is 3.60. The third-order valence-corrected chi connectivity index (χ3v) is 4.31. The normalized spacial score (nSPS) is 10.5. The van der Waals surface area contributed by atoms with Crippen molar-refractivity contribution in [2.75, 3.05) is 10.6 Å². The lowest BCUT2D eigenvalue weighted by Crippen LogP contribution is -2.19. The maximum atomic E-state index is 12.3. The van der Waals surface area contributed by atoms with Crippen LogP contribution in [0, 0.1) is 13.8 Å². The van der Waals surface area contributed by atoms with Crippen molar-refractivity contribution < 1.29 is 9.53 Å². The second-order valence-corrected chi connectivity index (χ2v) is 6.89. The zero-order chi connectivity index (χ0) is 20.9. The van der Waals surface area contributed by atoms with E-state index in [2.05, 4.69) is 26.7 Å². The summed E-state index contributed by atoms with van der Waals surface area (Å²) < 4.78 is 7.68. The molecule has 0 atom stereocenters. The van der Waals surface area contributed by atoms with E-state index in [9.17, 15) is 4.79 Å². The summed E-state index contributed by atoms with van der Waals surface area (Å²) in [5.74, 6) is 1.75. The number of benzene rings is 2. The average Bonchev–Trinajstić information content (AvgIpc) is 3.24. The fourth-order valence-electron chi connectivity index (χ4n) is 3.08. The lowest BCUT2D eigenvalue weighted by Gasteiger charge is -2.10. The fourth-order valence-corrected chi connectivity index (χ4v) is 3.08. The summed E-state index contributed by atoms with van der Waals surface area (Å²) in [5, 5.41) is 5.66. The highest BCUT2D eigenvalue weighted by Gasteiger charge is 2.06. The largest absolute Gasteiger partial charge is 0.439 e. The summed E-state index contributed by atoms with van der Waals surface area (Å²) in [6.45, 7) is 3.99. The molecule has 4 aromatic rings. The molecule has 0 aliphatic carbocycles. The number of carbonyl (C=O) groups excluding carboxylic acids is 1. The van der Waals surface area contributed by atoms with Crippen LogP contribution in [0.15, 0.2) is 79.4 Å². The lowest BCUT2D eigenvalue weighted by molar-refractivity contribution is 0.262. The van der Waals surface area contributed by atoms with Crippen molar-refractivity contribution >= 4 is 17.4 Å². The Morgan fingerprint density at radius 2 is 1.53 bits per heavy atom. The van der Waals surface area contributed by atoms with Crippen LogP contribution in [-0.4, -0.2) is 20.6 Å². The number of aromatic nitrogens is 3. The van der Waals surface area contributed by atoms with Gasteiger partial charge in [-0.3, -0.25) is 0 Å². The molecule has 0 bridgehead atoms. The number of aryl methyl sites for hydroxylation is 2. The van der Waals surface area contributed by atoms with Gasteiger partial charge in [0, 0.05) is 29.8 Å². The molecule has 0 aliphatic rings. The lowest BCUT2D eigenvalue weighted by atomic mass is 10.1. The number of nitrogens with one attached hydrogen (secondary N) is 2. The van der Waals surface area contributed by atoms with E-state index in [1.165, 1.54) is 6.33 Å². The van der Waals surface area contributed by atoms with Gasteiger partial charge in [-0.25, -0.2) is 14.8 Å². The van der Waals surface area contributed by atoms with Crippen molar-refractivity contribution in [3.63, 3.8) is 0 Å². The number of rotatable bonds is 5. The predicted octanol–water partition coefficient (Wildman–Crippen LogP) is 5.32. The van der Waals surface area contributed by atoms with Crippen molar-refractivity contribution in [1.82, 2.24) is 14.5 Å². The van der Waals surface area contributed by atoms with Gasteiger partial charge >= 0.3 is 6.03 Å². The monoisotopic (exact) mass is 399 g/mol. The van der Waals surface area contributed by atoms with E-state index in [1.807, 2.05) is 55.1 Å². The van der Waals surface area contributed by atoms with Crippen LogP contribution in [0.3, 0.4) is 0 Å². The van der Waals surface area contributed by atoms with Crippen LogP contribution in [0.5, 0.6) is 11.6 Å². The van der Waals surface area contributed by atoms with Crippen LogP contribution < -0.4 is 15.4 Å². The summed E-state index contributed by atoms with van der Waals surface area (Å²) in [7, 11) is 0. The Hall–Kier alpha value is -4.13. The molecular weight excluding hydrogens is 378 g/mol. The number of hydrogen-bond acceptors (Lipinski definition) is 4. The van der Waals surface area contributed by atoms with Crippen molar-refractivity contribution in [2.45, 2.75) is 13.8 Å². The van der Waals surface area contributed by atoms with Crippen molar-refractivity contribution in [1.29, 1.82) is 0 Å². The summed E-state index contributed by atoms with van der Waals surface area (Å²) in [6, 6.07) is 18.3. The quantitative estimate of drug-likeness (QED) is 0.476. The molecule has 0 unspecified atom stereocenters. The molecule has 2 amide bonds. The van der Waals surface area contributed by atoms with E-state index in [4.69, 9.17) is 4.74 Å². The SMILES string of the molecule is Cc1cc(C)cc(NC(=O)Nc2ccc(Oc3cc(-n4cccc4)ncn3)cc2)c1. The molecule has 7 heteroatoms. The van der Waals surface area contributed by atoms with Crippen LogP contribution in [0.1, 0.15) is 11.1 Å². The van der Waals surface area contributed by atoms with Gasteiger partial charge in [0.25, 0.3) is 0 Å². The highest BCUT2D eigenvalue weighted by molar-refractivity contribution is 5.99. The molecule has 2 N–H and O–H groups in total. The highest BCUT2D eigenvalue weighted by atomic mass is 16.5. The van der Waals surface area contributed by atoms with E-state index >= 15 is 0 Å². The second kappa shape index (κ2) is 8.48. The van der Waals surface area contributed by atoms with Crippen LogP contribution in [0.4, 0.5) is 16.2 Å². The number of anilines is 2. The van der Waals surface area contributed by atoms with Gasteiger partial charge in [-0.15, -0.1) is 0 Å². The highest BCUT2D eigenvalue weighted by Crippen LogP contribution is 2.23. The number of ether oxygens (including phenoxy) is 1. The van der Waals surface area contributed by atoms with E-state index < -0.39 is 0 Å². The third-order valence-electron chi connectivity index (χ3n) is 4.31. The van der Waals surface area contributed by atoms with Crippen LogP contribution in [-0.2, 0) is 0 Å². The molecule has 30 heavy (non-hydrogen) atoms. The number of amides is 2. The van der Waals surface area contributed by atoms with Gasteiger partial charge in [-0.05, 0) is 73.5 Å². The molecule has 4 rings (SSSR count). The zero-order valence-corrected chi connectivity index (χ0v) is 16.7. The first-order valence-electron chi connectivity index (χ1n) is 9.45. The van der Waals surface area contributed by atoms with Gasteiger partial charge in [0.2, 0.25) is 5.88 Å². The maximum Gasteiger partial charge on any atom is 0.323 e. The Balaban J connectivity index is 1.38. The minimum absolute atomic E-state index is 0.305. The summed E-state index contributed by atoms with van der Waals surface area (Å²) in [6.07, 6.45) is 5.25. The molecule has 0 radical (unpaired) electrons. The van der Waals surface area contributed by atoms with Gasteiger partial charge in [0.1, 0.15) is 17.9 Å². The van der Waals surface area contributed by atoms with Crippen molar-refractivity contribution in [2.24, 2.45) is 0 Å². The van der Waals surface area contributed by atoms with Gasteiger partial charge in [-0.1, -0.05) is 6.07 Å². The first kappa shape index (κ1) is 19.2. The Morgan fingerprint density at radius 1 is 0.867 bits per heavy atom. The first-order valence-corrected chi connectivity index (χ1v) is 9.45. The molecule has 0 aliphatic heterocycles. The Morgan fingerprint density at radius 3 is 2.23 bits per heavy atom. The Labute approximate surface area is 174 Å². The molecule has 0 fully saturated rings. The zero-order valence-electron chi connectivity index (χ0n) is 16.7. The molecule has 2 aromatic heterocycles. The van der Waals surface area contributed by atoms with E-state index in [1.54, 1.807) is 30.3 Å². The predicted molar refractivity (Wildman–Crippen MR) is 116 cm³/mol. The fraction of sp³-hybridized carbons (Fsp3) is 0.0870. The van der Waals surface area contributed by atoms with Gasteiger partial charge in [-0.2, -0.15) is 0 Å². The van der Waals surface area contributed by atoms with Crippen LogP contribution in [0.2, 0.25) is 0 Å². The van der Waals surface area contributed by atoms with E-state index in [0.29, 0.717) is 23.1 Å². The standard InChI is InChI=1S/C23H21N5O2/c1-16-11-17(2)13-19(12-16)27-23(29)26-18-5-7-20(8-6-18)30-22-14-21(24-15-25-22)28-9-3-4-10-28/h3-15H,1-2H3,(H2,26,27,29). The summed E-state index contributed by atoms with van der Waals surface area (Å²) >= 11 is 0. The van der Waals surface area contributed by atoms with Crippen LogP contribution >= 0.6 is 0 Å². The smallest absolute Gasteiger partial charge is 0.323 e. The molecule has 2 heterocycles. The average molecular weight is 399 g/mol. The second-order valence-electron chi connectivity index (χ2n) is 6.89. The summed E-state index contributed by atoms with van der Waals surface area (Å²) in [4.78, 5) is 20.6. The molecule has 0 saturated carbocycles. The number of carbonyl (C=O) groups is 1. The van der Waals surface area contributed by atoms with Crippen molar-refractivity contribution in [3.8, 4) is 17.4 Å². The van der Waals surface area contributed by atoms with E-state index in [-0.39, 0.29) is 6.03 Å². The Bertz CT molecular complexity index is 1130. The maximum absolute atomic E-state index is 12.3. The number of urea groups is 1. The molecule has 2 aromatic carbocycles. The van der Waals surface area contributed by atoms with Crippen LogP contribution in [0.25, 0.3) is 5.82 Å². The van der Waals surface area contributed by atoms with Gasteiger partial charge < -0.3 is 19.9 Å². The topological polar surface area (TPSA) is 81.1 Å². The van der Waals surface area contributed by atoms with E-state index in [0.717, 1.165) is 16.8 Å². The Kier molecular flexibility index (Phi) is 5.43. The van der Waals surface area contributed by atoms with Crippen molar-refractivity contribution in [3.05, 3.63) is 90.5 Å². The number of hydrogen-bond donors (Lipinski definition) is 2. The minimum atomic E-state index is -0.305. The third kappa shape index (κ3) is 4.82. The van der Waals surface area contributed by atoms with Gasteiger partial charge in [0.15, 0.2) is 0 Å².